The molecule has 0 N–H and O–H groups in total. The van der Waals surface area contributed by atoms with E-state index in [9.17, 15) is 4.79 Å². The van der Waals surface area contributed by atoms with Gasteiger partial charge in [-0.25, -0.2) is 0 Å². The van der Waals surface area contributed by atoms with E-state index >= 15 is 0 Å². The van der Waals surface area contributed by atoms with Crippen LogP contribution < -0.4 is 0 Å². The molecule has 1 saturated carbocycles. The van der Waals surface area contributed by atoms with Crippen LogP contribution in [0.3, 0.4) is 0 Å². The molecule has 0 saturated heterocycles. The number of hydrogen-bond donors (Lipinski definition) is 0. The minimum atomic E-state index is -0.689. The minimum Gasteiger partial charge on any atom is -0.298 e. The molecule has 76 valence electrons. The van der Waals surface area contributed by atoms with E-state index in [2.05, 4.69) is 0 Å². The van der Waals surface area contributed by atoms with Gasteiger partial charge in [0.05, 0.1) is 6.07 Å². The lowest BCUT2D eigenvalue weighted by Gasteiger charge is -2.09. The maximum atomic E-state index is 11.8. The van der Waals surface area contributed by atoms with Gasteiger partial charge in [0.25, 0.3) is 0 Å². The second-order valence-corrected chi connectivity index (χ2v) is 4.17. The third-order valence-electron chi connectivity index (χ3n) is 2.61. The third-order valence-corrected chi connectivity index (χ3v) is 2.95. The summed E-state index contributed by atoms with van der Waals surface area (Å²) >= 11 is 5.96. The Labute approximate surface area is 93.5 Å². The Morgan fingerprint density at radius 2 is 2.13 bits per heavy atom. The molecule has 0 bridgehead atoms. The largest absolute Gasteiger partial charge is 0.298 e. The van der Waals surface area contributed by atoms with Gasteiger partial charge in [-0.15, -0.1) is 0 Å². The Morgan fingerprint density at radius 3 is 2.67 bits per heavy atom. The van der Waals surface area contributed by atoms with Crippen LogP contribution in [0.15, 0.2) is 24.3 Å². The van der Waals surface area contributed by atoms with Gasteiger partial charge in [-0.3, -0.25) is 4.79 Å². The normalized spacial score (nSPS) is 16.8. The monoisotopic (exact) mass is 219 g/mol. The number of Topliss-reactive ketones (excluding diaryl/α,β-unsaturated/α-hetero) is 1. The lowest BCUT2D eigenvalue weighted by Crippen LogP contribution is -2.12. The smallest absolute Gasteiger partial charge is 0.157 e. The third kappa shape index (κ3) is 2.03. The van der Waals surface area contributed by atoms with Gasteiger partial charge in [0, 0.05) is 10.9 Å². The molecule has 0 spiro atoms. The van der Waals surface area contributed by atoms with E-state index in [1.165, 1.54) is 0 Å². The summed E-state index contributed by atoms with van der Waals surface area (Å²) in [7, 11) is 0. The Bertz CT molecular complexity index is 431. The van der Waals surface area contributed by atoms with Crippen LogP contribution in [0.5, 0.6) is 0 Å². The van der Waals surface area contributed by atoms with Gasteiger partial charge in [-0.1, -0.05) is 29.8 Å². The molecule has 2 nitrogen and oxygen atoms in total. The topological polar surface area (TPSA) is 40.9 Å². The van der Waals surface area contributed by atoms with E-state index < -0.39 is 5.92 Å². The van der Waals surface area contributed by atoms with Gasteiger partial charge in [-0.05, 0) is 24.5 Å². The fourth-order valence-corrected chi connectivity index (χ4v) is 1.84. The van der Waals surface area contributed by atoms with Gasteiger partial charge in [0.2, 0.25) is 0 Å². The van der Waals surface area contributed by atoms with Gasteiger partial charge in [-0.2, -0.15) is 5.26 Å². The lowest BCUT2D eigenvalue weighted by molar-refractivity contribution is -0.120. The van der Waals surface area contributed by atoms with Crippen molar-refractivity contribution < 1.29 is 4.79 Å². The molecule has 0 aromatic heterocycles. The lowest BCUT2D eigenvalue weighted by atomic mass is 9.93. The van der Waals surface area contributed by atoms with Crippen LogP contribution in [0.1, 0.15) is 24.3 Å². The van der Waals surface area contributed by atoms with Crippen molar-refractivity contribution in [1.29, 1.82) is 5.26 Å². The van der Waals surface area contributed by atoms with Crippen LogP contribution in [0.2, 0.25) is 5.02 Å². The summed E-state index contributed by atoms with van der Waals surface area (Å²) in [6.45, 7) is 0. The zero-order chi connectivity index (χ0) is 10.8. The SMILES string of the molecule is N#C[C@H](C(=O)C1CC1)c1ccccc1Cl. The molecule has 0 radical (unpaired) electrons. The zero-order valence-electron chi connectivity index (χ0n) is 8.11. The average molecular weight is 220 g/mol. The predicted octanol–water partition coefficient (Wildman–Crippen LogP) is 2.93. The molecule has 1 aliphatic rings. The molecule has 1 aromatic carbocycles. The van der Waals surface area contributed by atoms with Crippen molar-refractivity contribution in [3.8, 4) is 6.07 Å². The fourth-order valence-electron chi connectivity index (χ4n) is 1.60. The summed E-state index contributed by atoms with van der Waals surface area (Å²) in [4.78, 5) is 11.8. The minimum absolute atomic E-state index is 0.0191. The van der Waals surface area contributed by atoms with E-state index in [-0.39, 0.29) is 11.7 Å². The summed E-state index contributed by atoms with van der Waals surface area (Å²) in [5, 5.41) is 9.52. The van der Waals surface area contributed by atoms with Crippen LogP contribution in [0, 0.1) is 17.2 Å². The van der Waals surface area contributed by atoms with E-state index in [0.29, 0.717) is 10.6 Å². The molecule has 1 aliphatic carbocycles. The Hall–Kier alpha value is -1.33. The first-order valence-corrected chi connectivity index (χ1v) is 5.29. The number of carbonyl (C=O) groups is 1. The van der Waals surface area contributed by atoms with Crippen molar-refractivity contribution in [1.82, 2.24) is 0 Å². The first-order valence-electron chi connectivity index (χ1n) is 4.92. The van der Waals surface area contributed by atoms with Crippen LogP contribution in [-0.2, 0) is 4.79 Å². The molecule has 1 fully saturated rings. The van der Waals surface area contributed by atoms with Crippen LogP contribution in [0.4, 0.5) is 0 Å². The van der Waals surface area contributed by atoms with Gasteiger partial charge < -0.3 is 0 Å². The first-order chi connectivity index (χ1) is 7.24. The number of benzene rings is 1. The molecule has 1 atom stereocenters. The summed E-state index contributed by atoms with van der Waals surface area (Å²) in [5.41, 5.74) is 0.638. The Kier molecular flexibility index (Phi) is 2.75. The molecule has 0 unspecified atom stereocenters. The molecular weight excluding hydrogens is 210 g/mol. The van der Waals surface area contributed by atoms with Crippen molar-refractivity contribution in [2.45, 2.75) is 18.8 Å². The van der Waals surface area contributed by atoms with Gasteiger partial charge >= 0.3 is 0 Å². The number of hydrogen-bond acceptors (Lipinski definition) is 2. The quantitative estimate of drug-likeness (QED) is 0.784. The molecule has 0 heterocycles. The number of carbonyl (C=O) groups excluding carboxylic acids is 1. The van der Waals surface area contributed by atoms with Crippen molar-refractivity contribution in [3.05, 3.63) is 34.9 Å². The zero-order valence-corrected chi connectivity index (χ0v) is 8.87. The number of nitriles is 1. The fraction of sp³-hybridized carbons (Fsp3) is 0.333. The van der Waals surface area contributed by atoms with Gasteiger partial charge in [0.15, 0.2) is 5.78 Å². The van der Waals surface area contributed by atoms with E-state index in [1.807, 2.05) is 6.07 Å². The molecular formula is C12H10ClNO. The van der Waals surface area contributed by atoms with Crippen LogP contribution in [0.25, 0.3) is 0 Å². The average Bonchev–Trinajstić information content (AvgIpc) is 3.05. The van der Waals surface area contributed by atoms with E-state index in [1.54, 1.807) is 24.3 Å². The summed E-state index contributed by atoms with van der Waals surface area (Å²) in [5.74, 6) is -0.581. The van der Waals surface area contributed by atoms with E-state index in [0.717, 1.165) is 12.8 Å². The molecule has 1 aromatic rings. The van der Waals surface area contributed by atoms with Crippen molar-refractivity contribution in [2.24, 2.45) is 5.92 Å². The predicted molar refractivity (Wildman–Crippen MR) is 57.5 cm³/mol. The summed E-state index contributed by atoms with van der Waals surface area (Å²) in [6.07, 6.45) is 1.84. The second kappa shape index (κ2) is 4.04. The van der Waals surface area contributed by atoms with Crippen molar-refractivity contribution in [3.63, 3.8) is 0 Å². The van der Waals surface area contributed by atoms with Crippen molar-refractivity contribution >= 4 is 17.4 Å². The van der Waals surface area contributed by atoms with Crippen molar-refractivity contribution in [2.75, 3.05) is 0 Å². The number of ketones is 1. The highest BCUT2D eigenvalue weighted by atomic mass is 35.5. The summed E-state index contributed by atoms with van der Waals surface area (Å²) < 4.78 is 0. The highest BCUT2D eigenvalue weighted by Crippen LogP contribution is 2.36. The van der Waals surface area contributed by atoms with Crippen LogP contribution in [-0.4, -0.2) is 5.78 Å². The second-order valence-electron chi connectivity index (χ2n) is 3.76. The molecule has 0 amide bonds. The maximum absolute atomic E-state index is 11.8. The first kappa shape index (κ1) is 10.2. The molecule has 3 heteroatoms. The molecule has 15 heavy (non-hydrogen) atoms. The summed E-state index contributed by atoms with van der Waals surface area (Å²) in [6, 6.07) is 9.09. The number of nitrogens with zero attached hydrogens (tertiary/aromatic N) is 1. The van der Waals surface area contributed by atoms with E-state index in [4.69, 9.17) is 16.9 Å². The molecule has 0 aliphatic heterocycles. The molecule has 2 rings (SSSR count). The highest BCUT2D eigenvalue weighted by molar-refractivity contribution is 6.31. The Balaban J connectivity index is 2.31. The standard InChI is InChI=1S/C12H10ClNO/c13-11-4-2-1-3-9(11)10(7-14)12(15)8-5-6-8/h1-4,8,10H,5-6H2/t10-/m0/s1. The highest BCUT2D eigenvalue weighted by Gasteiger charge is 2.36. The maximum Gasteiger partial charge on any atom is 0.157 e. The number of rotatable bonds is 3. The van der Waals surface area contributed by atoms with Gasteiger partial charge in [0.1, 0.15) is 5.92 Å². The van der Waals surface area contributed by atoms with Crippen LogP contribution >= 0.6 is 11.6 Å². The number of halogens is 1. The Morgan fingerprint density at radius 1 is 1.47 bits per heavy atom.